The number of hydrogen-bond donors (Lipinski definition) is 1. The van der Waals surface area contributed by atoms with Crippen LogP contribution < -0.4 is 5.32 Å². The highest BCUT2D eigenvalue weighted by atomic mass is 16.2. The standard InChI is InChI=1S/C17H28N2O2/c1-2-8-14-15(20)19(13-9-4-3-5-10-13)17(16(21)18-14)11-6-7-12-17/h13-14H,2-12H2,1H3,(H,18,21). The van der Waals surface area contributed by atoms with Crippen molar-refractivity contribution in [1.29, 1.82) is 0 Å². The summed E-state index contributed by atoms with van der Waals surface area (Å²) in [5.41, 5.74) is -0.511. The average molecular weight is 292 g/mol. The molecule has 2 aliphatic carbocycles. The lowest BCUT2D eigenvalue weighted by atomic mass is 9.83. The zero-order valence-electron chi connectivity index (χ0n) is 13.2. The Morgan fingerprint density at radius 2 is 1.76 bits per heavy atom. The molecular formula is C17H28N2O2. The molecule has 1 unspecified atom stereocenters. The Hall–Kier alpha value is -1.06. The number of carbonyl (C=O) groups is 2. The highest BCUT2D eigenvalue weighted by molar-refractivity contribution is 6.00. The topological polar surface area (TPSA) is 49.4 Å². The molecule has 2 saturated carbocycles. The minimum Gasteiger partial charge on any atom is -0.342 e. The van der Waals surface area contributed by atoms with E-state index in [-0.39, 0.29) is 17.9 Å². The van der Waals surface area contributed by atoms with Crippen LogP contribution in [0.2, 0.25) is 0 Å². The van der Waals surface area contributed by atoms with Crippen molar-refractivity contribution in [3.8, 4) is 0 Å². The fourth-order valence-corrected chi connectivity index (χ4v) is 4.62. The van der Waals surface area contributed by atoms with E-state index in [2.05, 4.69) is 17.1 Å². The van der Waals surface area contributed by atoms with Crippen molar-refractivity contribution in [3.05, 3.63) is 0 Å². The van der Waals surface area contributed by atoms with Crippen LogP contribution in [0.5, 0.6) is 0 Å². The van der Waals surface area contributed by atoms with Crippen molar-refractivity contribution in [3.63, 3.8) is 0 Å². The molecular weight excluding hydrogens is 264 g/mol. The van der Waals surface area contributed by atoms with Gasteiger partial charge in [-0.25, -0.2) is 0 Å². The summed E-state index contributed by atoms with van der Waals surface area (Å²) in [4.78, 5) is 27.9. The predicted molar refractivity (Wildman–Crippen MR) is 81.8 cm³/mol. The van der Waals surface area contributed by atoms with Gasteiger partial charge in [-0.2, -0.15) is 0 Å². The van der Waals surface area contributed by atoms with Crippen LogP contribution in [0, 0.1) is 0 Å². The number of amides is 2. The second-order valence-electron chi connectivity index (χ2n) is 7.05. The summed E-state index contributed by atoms with van der Waals surface area (Å²) in [6.07, 6.45) is 11.4. The molecule has 0 bridgehead atoms. The zero-order valence-corrected chi connectivity index (χ0v) is 13.2. The summed E-state index contributed by atoms with van der Waals surface area (Å²) < 4.78 is 0. The molecule has 0 radical (unpaired) electrons. The Morgan fingerprint density at radius 1 is 1.10 bits per heavy atom. The Balaban J connectivity index is 1.90. The van der Waals surface area contributed by atoms with Gasteiger partial charge in [0.1, 0.15) is 11.6 Å². The molecule has 1 aliphatic heterocycles. The fraction of sp³-hybridized carbons (Fsp3) is 0.882. The maximum absolute atomic E-state index is 13.0. The summed E-state index contributed by atoms with van der Waals surface area (Å²) in [6.45, 7) is 2.07. The average Bonchev–Trinajstić information content (AvgIpc) is 2.97. The summed E-state index contributed by atoms with van der Waals surface area (Å²) in [5, 5.41) is 3.04. The normalized spacial score (nSPS) is 30.0. The van der Waals surface area contributed by atoms with Gasteiger partial charge in [-0.05, 0) is 32.1 Å². The number of nitrogens with one attached hydrogen (secondary N) is 1. The quantitative estimate of drug-likeness (QED) is 0.869. The molecule has 1 heterocycles. The molecule has 2 amide bonds. The predicted octanol–water partition coefficient (Wildman–Crippen LogP) is 2.76. The van der Waals surface area contributed by atoms with E-state index >= 15 is 0 Å². The second-order valence-corrected chi connectivity index (χ2v) is 7.05. The van der Waals surface area contributed by atoms with Crippen molar-refractivity contribution in [1.82, 2.24) is 10.2 Å². The van der Waals surface area contributed by atoms with E-state index in [1.54, 1.807) is 0 Å². The van der Waals surface area contributed by atoms with Crippen LogP contribution in [0.15, 0.2) is 0 Å². The first-order valence-corrected chi connectivity index (χ1v) is 8.83. The molecule has 0 aromatic carbocycles. The number of hydrogen-bond acceptors (Lipinski definition) is 2. The Bertz CT molecular complexity index is 409. The van der Waals surface area contributed by atoms with E-state index < -0.39 is 5.54 Å². The van der Waals surface area contributed by atoms with Gasteiger partial charge in [0.05, 0.1) is 0 Å². The first-order valence-electron chi connectivity index (χ1n) is 8.83. The lowest BCUT2D eigenvalue weighted by Gasteiger charge is -2.51. The van der Waals surface area contributed by atoms with Gasteiger partial charge in [0.15, 0.2) is 0 Å². The van der Waals surface area contributed by atoms with Crippen LogP contribution in [0.1, 0.15) is 77.6 Å². The van der Waals surface area contributed by atoms with Crippen LogP contribution in [-0.4, -0.2) is 34.3 Å². The van der Waals surface area contributed by atoms with Gasteiger partial charge in [0.25, 0.3) is 0 Å². The maximum Gasteiger partial charge on any atom is 0.246 e. The first-order chi connectivity index (χ1) is 10.2. The summed E-state index contributed by atoms with van der Waals surface area (Å²) >= 11 is 0. The van der Waals surface area contributed by atoms with E-state index in [0.717, 1.165) is 51.4 Å². The Morgan fingerprint density at radius 3 is 2.38 bits per heavy atom. The molecule has 118 valence electrons. The van der Waals surface area contributed by atoms with E-state index in [4.69, 9.17) is 0 Å². The third-order valence-corrected chi connectivity index (χ3v) is 5.67. The molecule has 1 saturated heterocycles. The van der Waals surface area contributed by atoms with E-state index in [1.165, 1.54) is 19.3 Å². The maximum atomic E-state index is 13.0. The molecule has 0 aromatic rings. The third-order valence-electron chi connectivity index (χ3n) is 5.67. The van der Waals surface area contributed by atoms with E-state index in [9.17, 15) is 9.59 Å². The minimum absolute atomic E-state index is 0.128. The zero-order chi connectivity index (χ0) is 14.9. The van der Waals surface area contributed by atoms with Crippen LogP contribution >= 0.6 is 0 Å². The molecule has 4 nitrogen and oxygen atoms in total. The van der Waals surface area contributed by atoms with Crippen LogP contribution in [0.4, 0.5) is 0 Å². The smallest absolute Gasteiger partial charge is 0.246 e. The number of carbonyl (C=O) groups excluding carboxylic acids is 2. The molecule has 1 spiro atoms. The van der Waals surface area contributed by atoms with Gasteiger partial charge in [0.2, 0.25) is 11.8 Å². The summed E-state index contributed by atoms with van der Waals surface area (Å²) in [5.74, 6) is 0.328. The molecule has 1 N–H and O–H groups in total. The number of nitrogens with zero attached hydrogens (tertiary/aromatic N) is 1. The fourth-order valence-electron chi connectivity index (χ4n) is 4.62. The number of rotatable bonds is 3. The van der Waals surface area contributed by atoms with Crippen molar-refractivity contribution in [2.24, 2.45) is 0 Å². The van der Waals surface area contributed by atoms with Crippen molar-refractivity contribution in [2.75, 3.05) is 0 Å². The van der Waals surface area contributed by atoms with Gasteiger partial charge < -0.3 is 10.2 Å². The van der Waals surface area contributed by atoms with Gasteiger partial charge in [-0.1, -0.05) is 45.4 Å². The lowest BCUT2D eigenvalue weighted by molar-refractivity contribution is -0.162. The van der Waals surface area contributed by atoms with Gasteiger partial charge >= 0.3 is 0 Å². The molecule has 1 atom stereocenters. The second kappa shape index (κ2) is 5.98. The van der Waals surface area contributed by atoms with E-state index in [0.29, 0.717) is 6.04 Å². The minimum atomic E-state index is -0.511. The van der Waals surface area contributed by atoms with Gasteiger partial charge in [-0.3, -0.25) is 9.59 Å². The summed E-state index contributed by atoms with van der Waals surface area (Å²) in [6, 6.07) is 0.0189. The monoisotopic (exact) mass is 292 g/mol. The summed E-state index contributed by atoms with van der Waals surface area (Å²) in [7, 11) is 0. The first kappa shape index (κ1) is 14.9. The van der Waals surface area contributed by atoms with Crippen LogP contribution in [0.3, 0.4) is 0 Å². The molecule has 3 fully saturated rings. The van der Waals surface area contributed by atoms with Gasteiger partial charge in [0, 0.05) is 6.04 Å². The molecule has 3 aliphatic rings. The van der Waals surface area contributed by atoms with Crippen molar-refractivity contribution < 1.29 is 9.59 Å². The van der Waals surface area contributed by atoms with Crippen LogP contribution in [-0.2, 0) is 9.59 Å². The number of piperazine rings is 1. The van der Waals surface area contributed by atoms with Crippen LogP contribution in [0.25, 0.3) is 0 Å². The lowest BCUT2D eigenvalue weighted by Crippen LogP contribution is -2.72. The van der Waals surface area contributed by atoms with Crippen molar-refractivity contribution in [2.45, 2.75) is 95.2 Å². The van der Waals surface area contributed by atoms with Gasteiger partial charge in [-0.15, -0.1) is 0 Å². The molecule has 4 heteroatoms. The molecule has 21 heavy (non-hydrogen) atoms. The largest absolute Gasteiger partial charge is 0.342 e. The van der Waals surface area contributed by atoms with Crippen molar-refractivity contribution >= 4 is 11.8 Å². The SMILES string of the molecule is CCCC1NC(=O)C2(CCCC2)N(C2CCCCC2)C1=O. The van der Waals surface area contributed by atoms with E-state index in [1.807, 2.05) is 0 Å². The molecule has 0 aromatic heterocycles. The Labute approximate surface area is 127 Å². The highest BCUT2D eigenvalue weighted by Crippen LogP contribution is 2.42. The molecule has 3 rings (SSSR count). The third kappa shape index (κ3) is 2.47. The Kier molecular flexibility index (Phi) is 4.23. The highest BCUT2D eigenvalue weighted by Gasteiger charge is 2.55.